The van der Waals surface area contributed by atoms with Gasteiger partial charge in [0.1, 0.15) is 11.8 Å². The van der Waals surface area contributed by atoms with Crippen molar-refractivity contribution in [3.8, 4) is 11.8 Å². The van der Waals surface area contributed by atoms with Crippen molar-refractivity contribution in [2.24, 2.45) is 13.0 Å². The maximum atomic E-state index is 13.0. The number of imidazole rings is 1. The molecule has 1 saturated carbocycles. The Morgan fingerprint density at radius 3 is 2.97 bits per heavy atom. The first-order chi connectivity index (χ1) is 14.1. The summed E-state index contributed by atoms with van der Waals surface area (Å²) in [7, 11) is 1.98. The fourth-order valence-electron chi connectivity index (χ4n) is 4.47. The maximum Gasteiger partial charge on any atom is 0.299 e. The highest BCUT2D eigenvalue weighted by atomic mass is 16.5. The van der Waals surface area contributed by atoms with Crippen LogP contribution in [-0.4, -0.2) is 56.0 Å². The van der Waals surface area contributed by atoms with Crippen LogP contribution in [0.5, 0.6) is 0 Å². The topological polar surface area (TPSA) is 84.5 Å². The molecule has 1 unspecified atom stereocenters. The summed E-state index contributed by atoms with van der Waals surface area (Å²) in [6, 6.07) is 0. The number of amides is 2. The van der Waals surface area contributed by atoms with Crippen LogP contribution in [0.4, 0.5) is 0 Å². The summed E-state index contributed by atoms with van der Waals surface area (Å²) in [6.45, 7) is 1.62. The predicted molar refractivity (Wildman–Crippen MR) is 102 cm³/mol. The fourth-order valence-corrected chi connectivity index (χ4v) is 4.47. The van der Waals surface area contributed by atoms with Crippen LogP contribution >= 0.6 is 0 Å². The van der Waals surface area contributed by atoms with Crippen LogP contribution in [0.3, 0.4) is 0 Å². The summed E-state index contributed by atoms with van der Waals surface area (Å²) in [5.74, 6) is 6.17. The van der Waals surface area contributed by atoms with E-state index in [2.05, 4.69) is 22.0 Å². The molecule has 2 aromatic rings. The van der Waals surface area contributed by atoms with Gasteiger partial charge in [-0.15, -0.1) is 0 Å². The largest absolute Gasteiger partial charge is 0.364 e. The highest BCUT2D eigenvalue weighted by Gasteiger charge is 2.52. The van der Waals surface area contributed by atoms with Gasteiger partial charge in [0, 0.05) is 50.3 Å². The van der Waals surface area contributed by atoms with Crippen LogP contribution in [0.1, 0.15) is 36.2 Å². The van der Waals surface area contributed by atoms with Crippen LogP contribution in [0, 0.1) is 17.8 Å². The SMILES string of the molecule is Cn1cnc2c1CCN(C(=O)C#CC1CC1)C21CCN(C(=O)Cc2cnoc2)C1. The van der Waals surface area contributed by atoms with E-state index in [0.717, 1.165) is 36.2 Å². The van der Waals surface area contributed by atoms with Gasteiger partial charge in [0.15, 0.2) is 0 Å². The molecule has 8 heteroatoms. The lowest BCUT2D eigenvalue weighted by Gasteiger charge is -2.43. The molecule has 8 nitrogen and oxygen atoms in total. The highest BCUT2D eigenvalue weighted by Crippen LogP contribution is 2.42. The zero-order chi connectivity index (χ0) is 20.0. The van der Waals surface area contributed by atoms with Crippen molar-refractivity contribution in [3.05, 3.63) is 35.7 Å². The molecule has 0 N–H and O–H groups in total. The van der Waals surface area contributed by atoms with Crippen LogP contribution in [0.25, 0.3) is 0 Å². The molecule has 4 heterocycles. The third-order valence-electron chi connectivity index (χ3n) is 6.23. The van der Waals surface area contributed by atoms with Gasteiger partial charge >= 0.3 is 0 Å². The summed E-state index contributed by atoms with van der Waals surface area (Å²) in [4.78, 5) is 34.2. The number of aryl methyl sites for hydroxylation is 1. The van der Waals surface area contributed by atoms with E-state index < -0.39 is 5.54 Å². The van der Waals surface area contributed by atoms with Gasteiger partial charge in [-0.3, -0.25) is 9.59 Å². The first-order valence-corrected chi connectivity index (χ1v) is 10.1. The van der Waals surface area contributed by atoms with Crippen LogP contribution in [0.15, 0.2) is 23.3 Å². The second kappa shape index (κ2) is 6.76. The van der Waals surface area contributed by atoms with Gasteiger partial charge in [-0.05, 0) is 25.2 Å². The summed E-state index contributed by atoms with van der Waals surface area (Å²) in [5, 5.41) is 3.67. The molecule has 29 heavy (non-hydrogen) atoms. The summed E-state index contributed by atoms with van der Waals surface area (Å²) >= 11 is 0. The third-order valence-corrected chi connectivity index (χ3v) is 6.23. The summed E-state index contributed by atoms with van der Waals surface area (Å²) < 4.78 is 6.86. The van der Waals surface area contributed by atoms with E-state index in [1.54, 1.807) is 12.5 Å². The van der Waals surface area contributed by atoms with Crippen LogP contribution < -0.4 is 0 Å². The van der Waals surface area contributed by atoms with E-state index >= 15 is 0 Å². The number of nitrogens with zero attached hydrogens (tertiary/aromatic N) is 5. The van der Waals surface area contributed by atoms with Crippen molar-refractivity contribution >= 4 is 11.8 Å². The normalized spacial score (nSPS) is 23.1. The Morgan fingerprint density at radius 1 is 1.34 bits per heavy atom. The van der Waals surface area contributed by atoms with Crippen LogP contribution in [0.2, 0.25) is 0 Å². The predicted octanol–water partition coefficient (Wildman–Crippen LogP) is 0.876. The van der Waals surface area contributed by atoms with Crippen molar-refractivity contribution in [2.75, 3.05) is 19.6 Å². The van der Waals surface area contributed by atoms with E-state index in [1.807, 2.05) is 21.4 Å². The molecular weight excluding hydrogens is 370 g/mol. The highest BCUT2D eigenvalue weighted by molar-refractivity contribution is 5.94. The smallest absolute Gasteiger partial charge is 0.299 e. The lowest BCUT2D eigenvalue weighted by molar-refractivity contribution is -0.135. The Bertz CT molecular complexity index is 1010. The van der Waals surface area contributed by atoms with Gasteiger partial charge < -0.3 is 18.9 Å². The lowest BCUT2D eigenvalue weighted by atomic mass is 9.85. The number of likely N-dealkylation sites (tertiary alicyclic amines) is 1. The molecule has 1 aliphatic carbocycles. The van der Waals surface area contributed by atoms with Gasteiger partial charge in [-0.2, -0.15) is 0 Å². The second-order valence-electron chi connectivity index (χ2n) is 8.21. The summed E-state index contributed by atoms with van der Waals surface area (Å²) in [6.07, 6.45) is 8.68. The Kier molecular flexibility index (Phi) is 4.19. The van der Waals surface area contributed by atoms with Crippen molar-refractivity contribution in [1.82, 2.24) is 24.5 Å². The molecule has 1 saturated heterocycles. The number of aromatic nitrogens is 3. The number of hydrogen-bond donors (Lipinski definition) is 0. The zero-order valence-corrected chi connectivity index (χ0v) is 16.4. The average molecular weight is 393 g/mol. The van der Waals surface area contributed by atoms with Gasteiger partial charge in [0.05, 0.1) is 24.6 Å². The first-order valence-electron chi connectivity index (χ1n) is 10.1. The van der Waals surface area contributed by atoms with E-state index in [1.165, 1.54) is 6.26 Å². The Morgan fingerprint density at radius 2 is 2.21 bits per heavy atom. The minimum atomic E-state index is -0.603. The first kappa shape index (κ1) is 18.0. The van der Waals surface area contributed by atoms with Crippen molar-refractivity contribution in [1.29, 1.82) is 0 Å². The van der Waals surface area contributed by atoms with Gasteiger partial charge in [0.2, 0.25) is 5.91 Å². The minimum Gasteiger partial charge on any atom is -0.364 e. The molecule has 0 bridgehead atoms. The van der Waals surface area contributed by atoms with Gasteiger partial charge in [0.25, 0.3) is 5.91 Å². The van der Waals surface area contributed by atoms with Gasteiger partial charge in [-0.1, -0.05) is 11.1 Å². The monoisotopic (exact) mass is 393 g/mol. The molecule has 2 amide bonds. The van der Waals surface area contributed by atoms with Crippen LogP contribution in [-0.2, 0) is 35.0 Å². The van der Waals surface area contributed by atoms with E-state index in [0.29, 0.717) is 32.0 Å². The number of carbonyl (C=O) groups is 2. The number of fused-ring (bicyclic) bond motifs is 2. The molecule has 1 spiro atoms. The molecule has 2 aromatic heterocycles. The molecule has 2 aliphatic heterocycles. The van der Waals surface area contributed by atoms with E-state index in [-0.39, 0.29) is 18.2 Å². The Hall–Kier alpha value is -3.08. The fraction of sp³-hybridized carbons (Fsp3) is 0.524. The van der Waals surface area contributed by atoms with E-state index in [9.17, 15) is 9.59 Å². The van der Waals surface area contributed by atoms with Crippen molar-refractivity contribution < 1.29 is 14.1 Å². The molecule has 5 rings (SSSR count). The molecule has 0 radical (unpaired) electrons. The molecule has 0 aromatic carbocycles. The number of rotatable bonds is 2. The second-order valence-corrected chi connectivity index (χ2v) is 8.21. The summed E-state index contributed by atoms with van der Waals surface area (Å²) in [5.41, 5.74) is 2.20. The van der Waals surface area contributed by atoms with Crippen molar-refractivity contribution in [2.45, 2.75) is 37.6 Å². The molecule has 3 aliphatic rings. The van der Waals surface area contributed by atoms with E-state index in [4.69, 9.17) is 4.52 Å². The van der Waals surface area contributed by atoms with Crippen molar-refractivity contribution in [3.63, 3.8) is 0 Å². The third kappa shape index (κ3) is 3.11. The Balaban J connectivity index is 1.44. The molecular formula is C21H23N5O3. The van der Waals surface area contributed by atoms with Gasteiger partial charge in [-0.25, -0.2) is 4.98 Å². The number of carbonyl (C=O) groups excluding carboxylic acids is 2. The Labute approximate surface area is 168 Å². The maximum absolute atomic E-state index is 13.0. The molecule has 1 atom stereocenters. The molecule has 2 fully saturated rings. The standard InChI is InChI=1S/C21H23N5O3/c1-24-14-22-20-17(24)6-8-26(18(27)5-4-15-2-3-15)21(20)7-9-25(13-21)19(28)10-16-11-23-29-12-16/h11-12,14-15H,2-3,6-10,13H2,1H3. The average Bonchev–Trinajstić information content (AvgIpc) is 3.06. The quantitative estimate of drug-likeness (QED) is 0.707. The minimum absolute atomic E-state index is 0.00425. The molecule has 150 valence electrons. The lowest BCUT2D eigenvalue weighted by Crippen LogP contribution is -2.55. The zero-order valence-electron chi connectivity index (χ0n) is 16.4. The number of hydrogen-bond acceptors (Lipinski definition) is 5.